The number of carbonyl (C=O) groups is 1. The molecule has 0 spiro atoms. The maximum atomic E-state index is 13.2. The van der Waals surface area contributed by atoms with Crippen molar-refractivity contribution in [2.24, 2.45) is 0 Å². The summed E-state index contributed by atoms with van der Waals surface area (Å²) in [5.74, 6) is 0.0947. The Bertz CT molecular complexity index is 908. The SMILES string of the molecule is O=C(NO)C1(S(=O)(=O)c2ccc(Oc3ccc(Cl)cc3)cc2)CCNCC1. The summed E-state index contributed by atoms with van der Waals surface area (Å²) in [5, 5.41) is 12.7. The second-order valence-corrected chi connectivity index (χ2v) is 8.91. The van der Waals surface area contributed by atoms with Crippen LogP contribution in [0.5, 0.6) is 11.5 Å². The zero-order chi connectivity index (χ0) is 19.5. The number of carbonyl (C=O) groups excluding carboxylic acids is 1. The molecular weight excluding hydrogens is 392 g/mol. The molecule has 0 radical (unpaired) electrons. The molecule has 1 heterocycles. The third kappa shape index (κ3) is 3.79. The average molecular weight is 411 g/mol. The number of hydroxylamine groups is 1. The number of benzene rings is 2. The monoisotopic (exact) mass is 410 g/mol. The normalized spacial score (nSPS) is 16.5. The first-order chi connectivity index (χ1) is 12.9. The Balaban J connectivity index is 1.88. The highest BCUT2D eigenvalue weighted by Crippen LogP contribution is 2.35. The lowest BCUT2D eigenvalue weighted by Gasteiger charge is -2.34. The van der Waals surface area contributed by atoms with Crippen LogP contribution in [0.3, 0.4) is 0 Å². The molecule has 7 nitrogen and oxygen atoms in total. The summed E-state index contributed by atoms with van der Waals surface area (Å²) in [6.07, 6.45) is 0.148. The van der Waals surface area contributed by atoms with Gasteiger partial charge in [-0.05, 0) is 74.5 Å². The summed E-state index contributed by atoms with van der Waals surface area (Å²) < 4.78 is 30.3. The van der Waals surface area contributed by atoms with E-state index in [1.165, 1.54) is 29.7 Å². The lowest BCUT2D eigenvalue weighted by molar-refractivity contribution is -0.132. The van der Waals surface area contributed by atoms with E-state index in [-0.39, 0.29) is 17.7 Å². The molecule has 3 N–H and O–H groups in total. The molecule has 9 heteroatoms. The van der Waals surface area contributed by atoms with Gasteiger partial charge in [0.15, 0.2) is 14.6 Å². The quantitative estimate of drug-likeness (QED) is 0.516. The van der Waals surface area contributed by atoms with E-state index in [1.807, 2.05) is 0 Å². The highest BCUT2D eigenvalue weighted by atomic mass is 35.5. The smallest absolute Gasteiger partial charge is 0.265 e. The maximum absolute atomic E-state index is 13.2. The molecule has 2 aromatic rings. The fourth-order valence-corrected chi connectivity index (χ4v) is 5.20. The van der Waals surface area contributed by atoms with Crippen molar-refractivity contribution >= 4 is 27.3 Å². The first-order valence-corrected chi connectivity index (χ1v) is 10.2. The minimum atomic E-state index is -4.02. The zero-order valence-electron chi connectivity index (χ0n) is 14.3. The lowest BCUT2D eigenvalue weighted by atomic mass is 9.96. The van der Waals surface area contributed by atoms with Gasteiger partial charge in [0.1, 0.15) is 11.5 Å². The van der Waals surface area contributed by atoms with Crippen LogP contribution in [0, 0.1) is 0 Å². The Hall–Kier alpha value is -2.13. The summed E-state index contributed by atoms with van der Waals surface area (Å²) in [5.41, 5.74) is 1.52. The Labute approximate surface area is 162 Å². The number of piperidine rings is 1. The minimum absolute atomic E-state index is 0.00328. The molecule has 3 rings (SSSR count). The average Bonchev–Trinajstić information content (AvgIpc) is 2.70. The lowest BCUT2D eigenvalue weighted by Crippen LogP contribution is -2.57. The molecule has 144 valence electrons. The van der Waals surface area contributed by atoms with Crippen LogP contribution in [-0.2, 0) is 14.6 Å². The third-order valence-corrected chi connectivity index (χ3v) is 7.39. The molecule has 27 heavy (non-hydrogen) atoms. The number of hydrogen-bond acceptors (Lipinski definition) is 6. The van der Waals surface area contributed by atoms with Gasteiger partial charge in [-0.15, -0.1) is 0 Å². The van der Waals surface area contributed by atoms with E-state index in [9.17, 15) is 13.2 Å². The number of ether oxygens (including phenoxy) is 1. The van der Waals surface area contributed by atoms with Gasteiger partial charge in [0.05, 0.1) is 4.90 Å². The molecule has 1 aliphatic rings. The molecule has 0 bridgehead atoms. The van der Waals surface area contributed by atoms with E-state index in [1.54, 1.807) is 24.3 Å². The van der Waals surface area contributed by atoms with Gasteiger partial charge in [0.25, 0.3) is 5.91 Å². The van der Waals surface area contributed by atoms with Gasteiger partial charge >= 0.3 is 0 Å². The van der Waals surface area contributed by atoms with Crippen molar-refractivity contribution in [1.82, 2.24) is 10.8 Å². The van der Waals surface area contributed by atoms with Crippen molar-refractivity contribution in [3.8, 4) is 11.5 Å². The van der Waals surface area contributed by atoms with Gasteiger partial charge in [-0.3, -0.25) is 10.0 Å². The minimum Gasteiger partial charge on any atom is -0.457 e. The zero-order valence-corrected chi connectivity index (χ0v) is 15.9. The molecule has 0 saturated carbocycles. The predicted molar refractivity (Wildman–Crippen MR) is 99.9 cm³/mol. The van der Waals surface area contributed by atoms with E-state index >= 15 is 0 Å². The van der Waals surface area contributed by atoms with E-state index in [0.717, 1.165) is 0 Å². The molecule has 1 fully saturated rings. The largest absolute Gasteiger partial charge is 0.457 e. The van der Waals surface area contributed by atoms with E-state index < -0.39 is 20.5 Å². The summed E-state index contributed by atoms with van der Waals surface area (Å²) in [6, 6.07) is 12.6. The standard InChI is InChI=1S/C18H19ClN2O5S/c19-13-1-3-14(4-2-13)26-15-5-7-16(8-6-15)27(24,25)18(17(22)21-23)9-11-20-12-10-18/h1-8,20,23H,9-12H2,(H,21,22). The van der Waals surface area contributed by atoms with Gasteiger partial charge in [-0.1, -0.05) is 11.6 Å². The molecule has 2 aromatic carbocycles. The van der Waals surface area contributed by atoms with Crippen molar-refractivity contribution in [1.29, 1.82) is 0 Å². The summed E-state index contributed by atoms with van der Waals surface area (Å²) in [4.78, 5) is 12.2. The second kappa shape index (κ2) is 7.85. The van der Waals surface area contributed by atoms with Crippen LogP contribution in [-0.4, -0.2) is 37.4 Å². The molecule has 0 aromatic heterocycles. The number of sulfone groups is 1. The topological polar surface area (TPSA) is 105 Å². The Morgan fingerprint density at radius 1 is 1.04 bits per heavy atom. The van der Waals surface area contributed by atoms with Crippen LogP contribution < -0.4 is 15.5 Å². The van der Waals surface area contributed by atoms with Crippen molar-refractivity contribution in [2.75, 3.05) is 13.1 Å². The van der Waals surface area contributed by atoms with Crippen molar-refractivity contribution in [3.05, 3.63) is 53.6 Å². The predicted octanol–water partition coefficient (Wildman–Crippen LogP) is 2.53. The number of hydrogen-bond donors (Lipinski definition) is 3. The number of halogens is 1. The summed E-state index contributed by atoms with van der Waals surface area (Å²) in [7, 11) is -4.02. The molecule has 0 atom stereocenters. The number of rotatable bonds is 5. The van der Waals surface area contributed by atoms with Gasteiger partial charge in [0, 0.05) is 5.02 Å². The maximum Gasteiger partial charge on any atom is 0.265 e. The first kappa shape index (κ1) is 19.6. The number of nitrogens with one attached hydrogen (secondary N) is 2. The third-order valence-electron chi connectivity index (χ3n) is 4.62. The Kier molecular flexibility index (Phi) is 5.71. The van der Waals surface area contributed by atoms with Gasteiger partial charge in [0.2, 0.25) is 0 Å². The van der Waals surface area contributed by atoms with Gasteiger partial charge in [-0.2, -0.15) is 0 Å². The summed E-state index contributed by atoms with van der Waals surface area (Å²) >= 11 is 5.83. The molecule has 0 aliphatic carbocycles. The van der Waals surface area contributed by atoms with Crippen LogP contribution in [0.2, 0.25) is 5.02 Å². The molecular formula is C18H19ClN2O5S. The first-order valence-electron chi connectivity index (χ1n) is 8.32. The molecule has 0 unspecified atom stereocenters. The fraction of sp³-hybridized carbons (Fsp3) is 0.278. The van der Waals surface area contributed by atoms with Crippen LogP contribution in [0.15, 0.2) is 53.4 Å². The van der Waals surface area contributed by atoms with Gasteiger partial charge in [-0.25, -0.2) is 13.9 Å². The Morgan fingerprint density at radius 3 is 2.07 bits per heavy atom. The highest BCUT2D eigenvalue weighted by Gasteiger charge is 2.51. The number of amides is 1. The van der Waals surface area contributed by atoms with Crippen molar-refractivity contribution in [3.63, 3.8) is 0 Å². The van der Waals surface area contributed by atoms with Crippen LogP contribution in [0.25, 0.3) is 0 Å². The van der Waals surface area contributed by atoms with Crippen LogP contribution in [0.1, 0.15) is 12.8 Å². The fourth-order valence-electron chi connectivity index (χ4n) is 3.10. The molecule has 1 saturated heterocycles. The van der Waals surface area contributed by atoms with Gasteiger partial charge < -0.3 is 10.1 Å². The molecule has 1 amide bonds. The van der Waals surface area contributed by atoms with E-state index in [0.29, 0.717) is 29.6 Å². The van der Waals surface area contributed by atoms with Crippen molar-refractivity contribution in [2.45, 2.75) is 22.5 Å². The van der Waals surface area contributed by atoms with Crippen molar-refractivity contribution < 1.29 is 23.2 Å². The van der Waals surface area contributed by atoms with E-state index in [4.69, 9.17) is 21.5 Å². The highest BCUT2D eigenvalue weighted by molar-refractivity contribution is 7.93. The molecule has 1 aliphatic heterocycles. The summed E-state index contributed by atoms with van der Waals surface area (Å²) in [6.45, 7) is 0.731. The van der Waals surface area contributed by atoms with Crippen LogP contribution >= 0.6 is 11.6 Å². The van der Waals surface area contributed by atoms with Crippen LogP contribution in [0.4, 0.5) is 0 Å². The second-order valence-electron chi connectivity index (χ2n) is 6.22. The van der Waals surface area contributed by atoms with E-state index in [2.05, 4.69) is 5.32 Å². The Morgan fingerprint density at radius 2 is 1.56 bits per heavy atom.